The molecule has 2 nitrogen and oxygen atoms in total. The molecule has 0 aliphatic carbocycles. The van der Waals surface area contributed by atoms with Crippen molar-refractivity contribution in [1.29, 1.82) is 0 Å². The fraction of sp³-hybridized carbons (Fsp3) is 0.111. The van der Waals surface area contributed by atoms with Crippen LogP contribution in [-0.4, -0.2) is 7.11 Å². The van der Waals surface area contributed by atoms with Gasteiger partial charge in [0.05, 0.1) is 7.11 Å². The standard InChI is InChI=1S/C18H15ClO2/c1-20-17-11-15-14(8-5-9-16(15)19)10-18(17)21-12-13-6-3-2-4-7-13/h2-11H,12H2,1H3. The van der Waals surface area contributed by atoms with Crippen molar-refractivity contribution in [3.05, 3.63) is 71.2 Å². The molecule has 0 atom stereocenters. The Morgan fingerprint density at radius 2 is 1.71 bits per heavy atom. The molecule has 0 heterocycles. The Kier molecular flexibility index (Phi) is 3.98. The van der Waals surface area contributed by atoms with Crippen molar-refractivity contribution in [2.75, 3.05) is 7.11 Å². The Morgan fingerprint density at radius 3 is 2.48 bits per heavy atom. The summed E-state index contributed by atoms with van der Waals surface area (Å²) in [6.07, 6.45) is 0. The molecule has 0 bridgehead atoms. The smallest absolute Gasteiger partial charge is 0.162 e. The zero-order valence-electron chi connectivity index (χ0n) is 11.7. The van der Waals surface area contributed by atoms with Gasteiger partial charge in [-0.15, -0.1) is 0 Å². The zero-order chi connectivity index (χ0) is 14.7. The van der Waals surface area contributed by atoms with Crippen molar-refractivity contribution >= 4 is 22.4 Å². The molecule has 0 radical (unpaired) electrons. The van der Waals surface area contributed by atoms with Crippen molar-refractivity contribution in [2.45, 2.75) is 6.61 Å². The largest absolute Gasteiger partial charge is 0.493 e. The first-order chi connectivity index (χ1) is 10.3. The first kappa shape index (κ1) is 13.8. The van der Waals surface area contributed by atoms with E-state index in [1.54, 1.807) is 7.11 Å². The van der Waals surface area contributed by atoms with Gasteiger partial charge in [0.15, 0.2) is 11.5 Å². The molecule has 0 spiro atoms. The lowest BCUT2D eigenvalue weighted by atomic mass is 10.1. The molecule has 3 aromatic rings. The summed E-state index contributed by atoms with van der Waals surface area (Å²) in [7, 11) is 1.63. The molecule has 0 saturated carbocycles. The lowest BCUT2D eigenvalue weighted by Crippen LogP contribution is -1.97. The Balaban J connectivity index is 1.94. The summed E-state index contributed by atoms with van der Waals surface area (Å²) in [4.78, 5) is 0. The summed E-state index contributed by atoms with van der Waals surface area (Å²) in [6.45, 7) is 0.503. The molecule has 0 aliphatic heterocycles. The number of benzene rings is 3. The topological polar surface area (TPSA) is 18.5 Å². The molecule has 0 aliphatic rings. The van der Waals surface area contributed by atoms with E-state index in [-0.39, 0.29) is 0 Å². The van der Waals surface area contributed by atoms with Crippen molar-refractivity contribution in [3.63, 3.8) is 0 Å². The number of hydrogen-bond donors (Lipinski definition) is 0. The van der Waals surface area contributed by atoms with Crippen molar-refractivity contribution in [1.82, 2.24) is 0 Å². The molecule has 3 rings (SSSR count). The van der Waals surface area contributed by atoms with Gasteiger partial charge in [-0.25, -0.2) is 0 Å². The van der Waals surface area contributed by atoms with Gasteiger partial charge >= 0.3 is 0 Å². The summed E-state index contributed by atoms with van der Waals surface area (Å²) in [5.41, 5.74) is 1.12. The normalized spacial score (nSPS) is 10.6. The number of fused-ring (bicyclic) bond motifs is 1. The summed E-state index contributed by atoms with van der Waals surface area (Å²) in [6, 6.07) is 19.7. The van der Waals surface area contributed by atoms with Crippen molar-refractivity contribution < 1.29 is 9.47 Å². The maximum absolute atomic E-state index is 6.21. The monoisotopic (exact) mass is 298 g/mol. The second-order valence-electron chi connectivity index (χ2n) is 4.74. The lowest BCUT2D eigenvalue weighted by Gasteiger charge is -2.12. The molecule has 106 valence electrons. The highest BCUT2D eigenvalue weighted by Gasteiger charge is 2.09. The van der Waals surface area contributed by atoms with Crippen LogP contribution in [0, 0.1) is 0 Å². The second kappa shape index (κ2) is 6.06. The molecule has 3 aromatic carbocycles. The predicted molar refractivity (Wildman–Crippen MR) is 86.3 cm³/mol. The third kappa shape index (κ3) is 2.96. The van der Waals surface area contributed by atoms with Gasteiger partial charge in [0, 0.05) is 10.4 Å². The van der Waals surface area contributed by atoms with E-state index in [2.05, 4.69) is 0 Å². The molecule has 0 N–H and O–H groups in total. The van der Waals surface area contributed by atoms with Gasteiger partial charge in [-0.3, -0.25) is 0 Å². The Hall–Kier alpha value is -2.19. The number of hydrogen-bond acceptors (Lipinski definition) is 2. The average molecular weight is 299 g/mol. The number of methoxy groups -OCH3 is 1. The van der Waals surface area contributed by atoms with E-state index in [9.17, 15) is 0 Å². The van der Waals surface area contributed by atoms with Crippen LogP contribution in [0.4, 0.5) is 0 Å². The van der Waals surface area contributed by atoms with E-state index in [4.69, 9.17) is 21.1 Å². The minimum atomic E-state index is 0.503. The highest BCUT2D eigenvalue weighted by atomic mass is 35.5. The van der Waals surface area contributed by atoms with Gasteiger partial charge in [0.2, 0.25) is 0 Å². The highest BCUT2D eigenvalue weighted by molar-refractivity contribution is 6.35. The summed E-state index contributed by atoms with van der Waals surface area (Å²) < 4.78 is 11.3. The van der Waals surface area contributed by atoms with Gasteiger partial charge in [-0.2, -0.15) is 0 Å². The summed E-state index contributed by atoms with van der Waals surface area (Å²) in [5, 5.41) is 2.70. The number of halogens is 1. The molecule has 0 amide bonds. The highest BCUT2D eigenvalue weighted by Crippen LogP contribution is 2.35. The van der Waals surface area contributed by atoms with E-state index < -0.39 is 0 Å². The van der Waals surface area contributed by atoms with E-state index in [0.29, 0.717) is 17.4 Å². The quantitative estimate of drug-likeness (QED) is 0.668. The van der Waals surface area contributed by atoms with Crippen molar-refractivity contribution in [2.24, 2.45) is 0 Å². The molecular weight excluding hydrogens is 284 g/mol. The summed E-state index contributed by atoms with van der Waals surface area (Å²) in [5.74, 6) is 1.41. The van der Waals surface area contributed by atoms with E-state index in [1.807, 2.05) is 60.7 Å². The fourth-order valence-electron chi connectivity index (χ4n) is 2.25. The van der Waals surface area contributed by atoms with Crippen LogP contribution >= 0.6 is 11.6 Å². The van der Waals surface area contributed by atoms with Gasteiger partial charge in [-0.05, 0) is 29.1 Å². The van der Waals surface area contributed by atoms with Crippen LogP contribution in [-0.2, 0) is 6.61 Å². The number of ether oxygens (including phenoxy) is 2. The van der Waals surface area contributed by atoms with Crippen LogP contribution in [0.1, 0.15) is 5.56 Å². The van der Waals surface area contributed by atoms with Gasteiger partial charge < -0.3 is 9.47 Å². The van der Waals surface area contributed by atoms with Gasteiger partial charge in [-0.1, -0.05) is 54.1 Å². The molecule has 0 saturated heterocycles. The van der Waals surface area contributed by atoms with Crippen LogP contribution in [0.3, 0.4) is 0 Å². The Bertz CT molecular complexity index is 754. The molecule has 0 unspecified atom stereocenters. The maximum atomic E-state index is 6.21. The maximum Gasteiger partial charge on any atom is 0.162 e. The lowest BCUT2D eigenvalue weighted by molar-refractivity contribution is 0.285. The molecule has 3 heteroatoms. The van der Waals surface area contributed by atoms with Crippen LogP contribution in [0.15, 0.2) is 60.7 Å². The average Bonchev–Trinajstić information content (AvgIpc) is 2.53. The molecule has 21 heavy (non-hydrogen) atoms. The molecule has 0 fully saturated rings. The van der Waals surface area contributed by atoms with Gasteiger partial charge in [0.25, 0.3) is 0 Å². The van der Waals surface area contributed by atoms with Crippen LogP contribution < -0.4 is 9.47 Å². The first-order valence-corrected chi connectivity index (χ1v) is 7.09. The van der Waals surface area contributed by atoms with Crippen LogP contribution in [0.2, 0.25) is 5.02 Å². The van der Waals surface area contributed by atoms with Crippen LogP contribution in [0.25, 0.3) is 10.8 Å². The van der Waals surface area contributed by atoms with E-state index in [0.717, 1.165) is 22.1 Å². The zero-order valence-corrected chi connectivity index (χ0v) is 12.4. The van der Waals surface area contributed by atoms with Crippen molar-refractivity contribution in [3.8, 4) is 11.5 Å². The minimum absolute atomic E-state index is 0.503. The minimum Gasteiger partial charge on any atom is -0.493 e. The first-order valence-electron chi connectivity index (χ1n) is 6.71. The Morgan fingerprint density at radius 1 is 0.905 bits per heavy atom. The third-order valence-electron chi connectivity index (χ3n) is 3.35. The van der Waals surface area contributed by atoms with E-state index in [1.165, 1.54) is 0 Å². The third-order valence-corrected chi connectivity index (χ3v) is 3.68. The number of rotatable bonds is 4. The molecule has 0 aromatic heterocycles. The summed E-state index contributed by atoms with van der Waals surface area (Å²) >= 11 is 6.21. The van der Waals surface area contributed by atoms with E-state index >= 15 is 0 Å². The fourth-order valence-corrected chi connectivity index (χ4v) is 2.49. The van der Waals surface area contributed by atoms with Crippen LogP contribution in [0.5, 0.6) is 11.5 Å². The van der Waals surface area contributed by atoms with Gasteiger partial charge in [0.1, 0.15) is 6.61 Å². The SMILES string of the molecule is COc1cc2c(Cl)cccc2cc1OCc1ccccc1. The second-order valence-corrected chi connectivity index (χ2v) is 5.15. The Labute approximate surface area is 128 Å². The molecular formula is C18H15ClO2. The predicted octanol–water partition coefficient (Wildman–Crippen LogP) is 5.08.